The number of benzene rings is 1. The summed E-state index contributed by atoms with van der Waals surface area (Å²) in [5.41, 5.74) is 0. The maximum absolute atomic E-state index is 10.2. The summed E-state index contributed by atoms with van der Waals surface area (Å²) in [6, 6.07) is 12.2. The molecular formula is C25H44O6Si2. The van der Waals surface area contributed by atoms with Gasteiger partial charge in [-0.05, 0) is 93.6 Å². The molecule has 2 aliphatic carbocycles. The summed E-state index contributed by atoms with van der Waals surface area (Å²) >= 11 is 0. The lowest BCUT2D eigenvalue weighted by Crippen LogP contribution is -2.56. The second-order valence-corrected chi connectivity index (χ2v) is 18.4. The summed E-state index contributed by atoms with van der Waals surface area (Å²) in [5.74, 6) is 0.754. The average molecular weight is 497 g/mol. The lowest BCUT2D eigenvalue weighted by molar-refractivity contribution is -0.0265. The Bertz CT molecular complexity index is 688. The molecule has 188 valence electrons. The summed E-state index contributed by atoms with van der Waals surface area (Å²) in [6.45, 7) is 4.48. The number of aliphatic hydroxyl groups is 4. The molecule has 0 heterocycles. The van der Waals surface area contributed by atoms with Gasteiger partial charge in [0.1, 0.15) is 0 Å². The van der Waals surface area contributed by atoms with Gasteiger partial charge in [0.05, 0.1) is 24.4 Å². The van der Waals surface area contributed by atoms with Crippen molar-refractivity contribution < 1.29 is 29.0 Å². The van der Waals surface area contributed by atoms with Crippen molar-refractivity contribution in [2.75, 3.05) is 7.11 Å². The van der Waals surface area contributed by atoms with E-state index in [-0.39, 0.29) is 0 Å². The molecule has 8 heteroatoms. The van der Waals surface area contributed by atoms with Crippen molar-refractivity contribution in [1.82, 2.24) is 0 Å². The summed E-state index contributed by atoms with van der Waals surface area (Å²) < 4.78 is 13.4. The molecule has 0 amide bonds. The zero-order valence-corrected chi connectivity index (χ0v) is 22.5. The first-order valence-corrected chi connectivity index (χ1v) is 17.8. The van der Waals surface area contributed by atoms with Gasteiger partial charge in [-0.25, -0.2) is 0 Å². The molecule has 2 fully saturated rings. The van der Waals surface area contributed by atoms with E-state index < -0.39 is 41.3 Å². The minimum atomic E-state index is -2.56. The van der Waals surface area contributed by atoms with Gasteiger partial charge in [0.2, 0.25) is 8.32 Å². The van der Waals surface area contributed by atoms with Gasteiger partial charge in [-0.2, -0.15) is 0 Å². The van der Waals surface area contributed by atoms with Crippen LogP contribution in [0.5, 0.6) is 0 Å². The zero-order chi connectivity index (χ0) is 24.1. The van der Waals surface area contributed by atoms with E-state index in [1.807, 2.05) is 6.07 Å². The van der Waals surface area contributed by atoms with Gasteiger partial charge in [-0.15, -0.1) is 0 Å². The van der Waals surface area contributed by atoms with E-state index in [0.717, 1.165) is 37.8 Å². The Labute approximate surface area is 201 Å². The van der Waals surface area contributed by atoms with E-state index in [1.54, 1.807) is 7.11 Å². The number of hydrogen-bond donors (Lipinski definition) is 4. The minimum Gasteiger partial charge on any atom is -0.432 e. The molecule has 4 N–H and O–H groups in total. The van der Waals surface area contributed by atoms with Crippen LogP contribution in [0.2, 0.25) is 25.2 Å². The summed E-state index contributed by atoms with van der Waals surface area (Å²) in [5, 5.41) is 41.3. The lowest BCUT2D eigenvalue weighted by Gasteiger charge is -2.40. The minimum absolute atomic E-state index is 0.377. The number of aliphatic hydroxyl groups excluding tert-OH is 4. The van der Waals surface area contributed by atoms with Crippen molar-refractivity contribution >= 4 is 22.1 Å². The van der Waals surface area contributed by atoms with Gasteiger partial charge in [0, 0.05) is 7.11 Å². The highest BCUT2D eigenvalue weighted by Gasteiger charge is 2.44. The number of hydrogen-bond acceptors (Lipinski definition) is 6. The molecule has 0 aromatic heterocycles. The Morgan fingerprint density at radius 3 is 1.67 bits per heavy atom. The highest BCUT2D eigenvalue weighted by atomic mass is 28.4. The SMILES string of the molecule is CO[Si](CCC1CCC(O)C(O)C1)(CCC1CCC(O)C(O)C1)O[Si](C)(C)c1ccccc1. The summed E-state index contributed by atoms with van der Waals surface area (Å²) in [4.78, 5) is 0. The second kappa shape index (κ2) is 11.9. The van der Waals surface area contributed by atoms with Crippen LogP contribution in [-0.2, 0) is 8.54 Å². The van der Waals surface area contributed by atoms with E-state index in [4.69, 9.17) is 8.54 Å². The lowest BCUT2D eigenvalue weighted by atomic mass is 9.84. The van der Waals surface area contributed by atoms with Gasteiger partial charge < -0.3 is 29.0 Å². The Hall–Kier alpha value is -0.586. The van der Waals surface area contributed by atoms with Gasteiger partial charge in [0.25, 0.3) is 0 Å². The van der Waals surface area contributed by atoms with Crippen LogP contribution in [0.15, 0.2) is 30.3 Å². The Balaban J connectivity index is 1.71. The average Bonchev–Trinajstić information content (AvgIpc) is 2.80. The maximum Gasteiger partial charge on any atom is 0.327 e. The standard InChI is InChI=1S/C25H44O6Si2/c1-30-33(15-13-19-9-11-22(26)24(28)17-19,16-14-20-10-12-23(27)25(29)18-20)31-32(2,3)21-7-5-4-6-8-21/h4-8,19-20,22-29H,9-18H2,1-3H3. The first-order valence-electron chi connectivity index (χ1n) is 12.7. The first-order chi connectivity index (χ1) is 15.6. The molecule has 6 nitrogen and oxygen atoms in total. The second-order valence-electron chi connectivity index (χ2n) is 10.8. The largest absolute Gasteiger partial charge is 0.432 e. The third kappa shape index (κ3) is 7.45. The predicted molar refractivity (Wildman–Crippen MR) is 135 cm³/mol. The van der Waals surface area contributed by atoms with Crippen molar-refractivity contribution in [2.45, 2.75) is 101 Å². The van der Waals surface area contributed by atoms with Gasteiger partial charge in [0.15, 0.2) is 0 Å². The van der Waals surface area contributed by atoms with Crippen LogP contribution in [-0.4, -0.2) is 68.8 Å². The topological polar surface area (TPSA) is 99.4 Å². The molecule has 3 rings (SSSR count). The van der Waals surface area contributed by atoms with E-state index in [9.17, 15) is 20.4 Å². The van der Waals surface area contributed by atoms with Crippen LogP contribution in [0.3, 0.4) is 0 Å². The van der Waals surface area contributed by atoms with Crippen LogP contribution < -0.4 is 5.19 Å². The van der Waals surface area contributed by atoms with Crippen molar-refractivity contribution in [1.29, 1.82) is 0 Å². The first kappa shape index (κ1) is 27.0. The zero-order valence-electron chi connectivity index (χ0n) is 20.5. The molecule has 33 heavy (non-hydrogen) atoms. The fourth-order valence-electron chi connectivity index (χ4n) is 5.64. The molecule has 0 saturated heterocycles. The molecular weight excluding hydrogens is 452 g/mol. The van der Waals surface area contributed by atoms with Crippen LogP contribution in [0.4, 0.5) is 0 Å². The monoisotopic (exact) mass is 496 g/mol. The van der Waals surface area contributed by atoms with Crippen molar-refractivity contribution in [3.05, 3.63) is 30.3 Å². The smallest absolute Gasteiger partial charge is 0.327 e. The number of rotatable bonds is 10. The molecule has 1 aromatic rings. The molecule has 2 aliphatic rings. The van der Waals surface area contributed by atoms with Crippen LogP contribution in [0.25, 0.3) is 0 Å². The van der Waals surface area contributed by atoms with Crippen molar-refractivity contribution in [3.63, 3.8) is 0 Å². The van der Waals surface area contributed by atoms with Gasteiger partial charge in [-0.3, -0.25) is 0 Å². The van der Waals surface area contributed by atoms with Crippen LogP contribution in [0.1, 0.15) is 51.4 Å². The summed E-state index contributed by atoms with van der Waals surface area (Å²) in [7, 11) is -2.97. The fraction of sp³-hybridized carbons (Fsp3) is 0.760. The highest BCUT2D eigenvalue weighted by molar-refractivity contribution is 6.91. The molecule has 0 bridgehead atoms. The predicted octanol–water partition coefficient (Wildman–Crippen LogP) is 3.03. The molecule has 6 unspecified atom stereocenters. The normalized spacial score (nSPS) is 32.9. The van der Waals surface area contributed by atoms with Crippen molar-refractivity contribution in [2.24, 2.45) is 11.8 Å². The van der Waals surface area contributed by atoms with Gasteiger partial charge >= 0.3 is 8.56 Å². The molecule has 6 atom stereocenters. The van der Waals surface area contributed by atoms with Crippen molar-refractivity contribution in [3.8, 4) is 0 Å². The maximum atomic E-state index is 10.2. The van der Waals surface area contributed by atoms with E-state index in [1.165, 1.54) is 5.19 Å². The fourth-order valence-corrected chi connectivity index (χ4v) is 14.3. The molecule has 1 aromatic carbocycles. The van der Waals surface area contributed by atoms with E-state index >= 15 is 0 Å². The Morgan fingerprint density at radius 1 is 0.758 bits per heavy atom. The third-order valence-electron chi connectivity index (χ3n) is 7.93. The van der Waals surface area contributed by atoms with Gasteiger partial charge in [-0.1, -0.05) is 30.3 Å². The van der Waals surface area contributed by atoms with E-state index in [2.05, 4.69) is 37.4 Å². The Morgan fingerprint density at radius 2 is 1.24 bits per heavy atom. The third-order valence-corrected chi connectivity index (χ3v) is 16.0. The Kier molecular flexibility index (Phi) is 9.74. The van der Waals surface area contributed by atoms with Crippen LogP contribution >= 0.6 is 0 Å². The molecule has 0 radical (unpaired) electrons. The molecule has 0 aliphatic heterocycles. The molecule has 2 saturated carbocycles. The highest BCUT2D eigenvalue weighted by Crippen LogP contribution is 2.36. The van der Waals surface area contributed by atoms with E-state index in [0.29, 0.717) is 37.5 Å². The van der Waals surface area contributed by atoms with Crippen LogP contribution in [0, 0.1) is 11.8 Å². The summed E-state index contributed by atoms with van der Waals surface area (Å²) in [6.07, 6.45) is 3.87. The quantitative estimate of drug-likeness (QED) is 0.372. The molecule has 0 spiro atoms.